The number of carboxylic acid groups (broad SMARTS) is 1. The third-order valence-electron chi connectivity index (χ3n) is 2.32. The second-order valence-electron chi connectivity index (χ2n) is 4.18. The van der Waals surface area contributed by atoms with E-state index < -0.39 is 22.1 Å². The van der Waals surface area contributed by atoms with Gasteiger partial charge in [0.15, 0.2) is 0 Å². The zero-order chi connectivity index (χ0) is 14.5. The van der Waals surface area contributed by atoms with Crippen molar-refractivity contribution in [2.24, 2.45) is 0 Å². The van der Waals surface area contributed by atoms with Crippen molar-refractivity contribution in [2.75, 3.05) is 6.54 Å². The molecule has 0 saturated carbocycles. The minimum absolute atomic E-state index is 0.112. The lowest BCUT2D eigenvalue weighted by Crippen LogP contribution is -2.24. The average Bonchev–Trinajstić information content (AvgIpc) is 2.72. The summed E-state index contributed by atoms with van der Waals surface area (Å²) in [6, 6.07) is 2.91. The highest BCUT2D eigenvalue weighted by Gasteiger charge is 2.17. The summed E-state index contributed by atoms with van der Waals surface area (Å²) in [5, 5.41) is 17.7. The van der Waals surface area contributed by atoms with E-state index in [-0.39, 0.29) is 17.2 Å². The molecule has 1 aromatic rings. The van der Waals surface area contributed by atoms with Crippen molar-refractivity contribution in [1.82, 2.24) is 4.72 Å². The van der Waals surface area contributed by atoms with Crippen molar-refractivity contribution in [3.63, 3.8) is 0 Å². The van der Waals surface area contributed by atoms with Crippen LogP contribution in [-0.2, 0) is 21.2 Å². The number of carbonyl (C=O) groups is 1. The first-order valence-corrected chi connectivity index (χ1v) is 8.09. The molecule has 0 aromatic carbocycles. The van der Waals surface area contributed by atoms with Gasteiger partial charge in [0.2, 0.25) is 10.0 Å². The molecule has 0 aliphatic carbocycles. The Hall–Kier alpha value is -0.960. The van der Waals surface area contributed by atoms with E-state index in [0.29, 0.717) is 17.7 Å². The van der Waals surface area contributed by atoms with Crippen molar-refractivity contribution in [2.45, 2.75) is 36.5 Å². The molecule has 0 spiro atoms. The van der Waals surface area contributed by atoms with E-state index in [1.165, 1.54) is 12.1 Å². The normalized spacial score (nSPS) is 13.4. The van der Waals surface area contributed by atoms with Crippen LogP contribution in [0.25, 0.3) is 0 Å². The fourth-order valence-corrected chi connectivity index (χ4v) is 3.89. The van der Waals surface area contributed by atoms with Gasteiger partial charge in [0.25, 0.3) is 0 Å². The smallest absolute Gasteiger partial charge is 0.308 e. The van der Waals surface area contributed by atoms with E-state index in [9.17, 15) is 13.2 Å². The Kier molecular flexibility index (Phi) is 5.92. The Morgan fingerprint density at radius 3 is 2.74 bits per heavy atom. The van der Waals surface area contributed by atoms with Gasteiger partial charge in [0.1, 0.15) is 4.21 Å². The average molecular weight is 307 g/mol. The van der Waals surface area contributed by atoms with Gasteiger partial charge in [-0.1, -0.05) is 0 Å². The predicted molar refractivity (Wildman–Crippen MR) is 71.8 cm³/mol. The zero-order valence-electron chi connectivity index (χ0n) is 10.5. The fourth-order valence-electron chi connectivity index (χ4n) is 1.42. The summed E-state index contributed by atoms with van der Waals surface area (Å²) in [7, 11) is -3.58. The van der Waals surface area contributed by atoms with Crippen LogP contribution in [0, 0.1) is 0 Å². The number of aliphatic hydroxyl groups is 1. The van der Waals surface area contributed by atoms with Crippen LogP contribution >= 0.6 is 11.3 Å². The summed E-state index contributed by atoms with van der Waals surface area (Å²) in [5.41, 5.74) is 0. The quantitative estimate of drug-likeness (QED) is 0.617. The van der Waals surface area contributed by atoms with Gasteiger partial charge in [-0.2, -0.15) is 0 Å². The summed E-state index contributed by atoms with van der Waals surface area (Å²) in [4.78, 5) is 11.0. The molecule has 0 aliphatic rings. The van der Waals surface area contributed by atoms with Crippen LogP contribution in [-0.4, -0.2) is 37.2 Å². The second-order valence-corrected chi connectivity index (χ2v) is 7.34. The fraction of sp³-hybridized carbons (Fsp3) is 0.545. The van der Waals surface area contributed by atoms with Gasteiger partial charge in [0, 0.05) is 11.4 Å². The number of nitrogens with one attached hydrogen (secondary N) is 1. The molecule has 1 aromatic heterocycles. The van der Waals surface area contributed by atoms with Crippen LogP contribution in [0.4, 0.5) is 0 Å². The minimum Gasteiger partial charge on any atom is -0.481 e. The van der Waals surface area contributed by atoms with Crippen molar-refractivity contribution >= 4 is 27.3 Å². The molecule has 0 saturated heterocycles. The highest BCUT2D eigenvalue weighted by molar-refractivity contribution is 7.91. The molecule has 108 valence electrons. The minimum atomic E-state index is -3.58. The van der Waals surface area contributed by atoms with Gasteiger partial charge in [0.05, 0.1) is 12.5 Å². The molecule has 6 nitrogen and oxygen atoms in total. The molecule has 0 amide bonds. The van der Waals surface area contributed by atoms with Crippen LogP contribution in [0.2, 0.25) is 0 Å². The zero-order valence-corrected chi connectivity index (χ0v) is 12.1. The maximum absolute atomic E-state index is 11.9. The number of sulfonamides is 1. The first-order chi connectivity index (χ1) is 8.81. The van der Waals surface area contributed by atoms with E-state index in [0.717, 1.165) is 11.3 Å². The van der Waals surface area contributed by atoms with Gasteiger partial charge in [-0.3, -0.25) is 4.79 Å². The van der Waals surface area contributed by atoms with E-state index in [1.54, 1.807) is 6.92 Å². The lowest BCUT2D eigenvalue weighted by molar-refractivity contribution is -0.136. The molecule has 0 aliphatic heterocycles. The standard InChI is InChI=1S/C11H17NO5S2/c1-8(13)3-2-6-12-19(16,17)11-5-4-9(18-11)7-10(14)15/h4-5,8,12-13H,2-3,6-7H2,1H3,(H,14,15). The SMILES string of the molecule is CC(O)CCCNS(=O)(=O)c1ccc(CC(=O)O)s1. The summed E-state index contributed by atoms with van der Waals surface area (Å²) >= 11 is 0.952. The maximum atomic E-state index is 11.9. The first-order valence-electron chi connectivity index (χ1n) is 5.79. The van der Waals surface area contributed by atoms with Gasteiger partial charge in [-0.15, -0.1) is 11.3 Å². The number of hydrogen-bond acceptors (Lipinski definition) is 5. The topological polar surface area (TPSA) is 104 Å². The lowest BCUT2D eigenvalue weighted by Gasteiger charge is -2.05. The van der Waals surface area contributed by atoms with Gasteiger partial charge in [-0.05, 0) is 31.9 Å². The third kappa shape index (κ3) is 5.68. The van der Waals surface area contributed by atoms with Crippen LogP contribution in [0.3, 0.4) is 0 Å². The molecule has 0 bridgehead atoms. The molecule has 0 radical (unpaired) electrons. The Labute approximate surface area is 116 Å². The second kappa shape index (κ2) is 6.99. The monoisotopic (exact) mass is 307 g/mol. The number of aliphatic hydroxyl groups excluding tert-OH is 1. The van der Waals surface area contributed by atoms with E-state index >= 15 is 0 Å². The molecule has 1 heterocycles. The van der Waals surface area contributed by atoms with Gasteiger partial charge < -0.3 is 10.2 Å². The van der Waals surface area contributed by atoms with E-state index in [4.69, 9.17) is 10.2 Å². The highest BCUT2D eigenvalue weighted by Crippen LogP contribution is 2.21. The number of hydrogen-bond donors (Lipinski definition) is 3. The summed E-state index contributed by atoms with van der Waals surface area (Å²) in [6.45, 7) is 1.89. The largest absolute Gasteiger partial charge is 0.481 e. The van der Waals surface area contributed by atoms with Gasteiger partial charge in [-0.25, -0.2) is 13.1 Å². The predicted octanol–water partition coefficient (Wildman–Crippen LogP) is 0.814. The Morgan fingerprint density at radius 1 is 1.47 bits per heavy atom. The van der Waals surface area contributed by atoms with Crippen LogP contribution < -0.4 is 4.72 Å². The third-order valence-corrected chi connectivity index (χ3v) is 5.36. The lowest BCUT2D eigenvalue weighted by atomic mass is 10.2. The summed E-state index contributed by atoms with van der Waals surface area (Å²) in [5.74, 6) is -0.990. The number of thiophene rings is 1. The summed E-state index contributed by atoms with van der Waals surface area (Å²) < 4.78 is 26.3. The molecule has 1 unspecified atom stereocenters. The molecule has 1 rings (SSSR count). The first kappa shape index (κ1) is 16.1. The van der Waals surface area contributed by atoms with Crippen molar-refractivity contribution < 1.29 is 23.4 Å². The Bertz CT molecular complexity index is 521. The Balaban J connectivity index is 2.57. The van der Waals surface area contributed by atoms with Crippen LogP contribution in [0.15, 0.2) is 16.3 Å². The van der Waals surface area contributed by atoms with Crippen molar-refractivity contribution in [3.05, 3.63) is 17.0 Å². The number of aliphatic carboxylic acids is 1. The maximum Gasteiger partial charge on any atom is 0.308 e. The van der Waals surface area contributed by atoms with Crippen molar-refractivity contribution in [1.29, 1.82) is 0 Å². The molecule has 3 N–H and O–H groups in total. The highest BCUT2D eigenvalue weighted by atomic mass is 32.2. The summed E-state index contributed by atoms with van der Waals surface area (Å²) in [6.07, 6.45) is 0.442. The molecule has 8 heteroatoms. The molecular formula is C11H17NO5S2. The molecular weight excluding hydrogens is 290 g/mol. The van der Waals surface area contributed by atoms with Crippen LogP contribution in [0.5, 0.6) is 0 Å². The van der Waals surface area contributed by atoms with Crippen LogP contribution in [0.1, 0.15) is 24.6 Å². The molecule has 19 heavy (non-hydrogen) atoms. The van der Waals surface area contributed by atoms with E-state index in [1.807, 2.05) is 0 Å². The number of carboxylic acids is 1. The van der Waals surface area contributed by atoms with Crippen molar-refractivity contribution in [3.8, 4) is 0 Å². The van der Waals surface area contributed by atoms with Gasteiger partial charge >= 0.3 is 5.97 Å². The molecule has 0 fully saturated rings. The number of rotatable bonds is 8. The van der Waals surface area contributed by atoms with E-state index in [2.05, 4.69) is 4.72 Å². The Morgan fingerprint density at radius 2 is 2.16 bits per heavy atom. The molecule has 1 atom stereocenters.